The highest BCUT2D eigenvalue weighted by Crippen LogP contribution is 2.33. The maximum atomic E-state index is 13.1. The fraction of sp³-hybridized carbons (Fsp3) is 0.125. The minimum Gasteiger partial charge on any atom is -0.478 e. The van der Waals surface area contributed by atoms with Crippen LogP contribution >= 0.6 is 43.5 Å². The van der Waals surface area contributed by atoms with Gasteiger partial charge in [0.05, 0.1) is 10.6 Å². The molecule has 0 amide bonds. The molecule has 14 heavy (non-hydrogen) atoms. The number of hydrogen-bond donors (Lipinski definition) is 1. The van der Waals surface area contributed by atoms with E-state index < -0.39 is 11.8 Å². The SMILES string of the molecule is O=C(O)c1cc(F)c(Cl)c(Br)c1CBr. The minimum absolute atomic E-state index is 0.101. The maximum absolute atomic E-state index is 13.1. The topological polar surface area (TPSA) is 37.3 Å². The van der Waals surface area contributed by atoms with Gasteiger partial charge in [-0.05, 0) is 27.6 Å². The molecule has 0 atom stereocenters. The van der Waals surface area contributed by atoms with Gasteiger partial charge in [0.1, 0.15) is 5.82 Å². The van der Waals surface area contributed by atoms with E-state index in [2.05, 4.69) is 31.9 Å². The normalized spacial score (nSPS) is 10.3. The summed E-state index contributed by atoms with van der Waals surface area (Å²) in [6.45, 7) is 0. The average molecular weight is 346 g/mol. The molecule has 1 N–H and O–H groups in total. The van der Waals surface area contributed by atoms with Gasteiger partial charge in [-0.3, -0.25) is 0 Å². The van der Waals surface area contributed by atoms with Crippen LogP contribution in [-0.2, 0) is 5.33 Å². The molecule has 0 aromatic heterocycles. The van der Waals surface area contributed by atoms with Crippen LogP contribution in [0, 0.1) is 5.82 Å². The minimum atomic E-state index is -1.18. The molecule has 0 aliphatic rings. The zero-order valence-electron chi connectivity index (χ0n) is 6.65. The monoisotopic (exact) mass is 344 g/mol. The van der Waals surface area contributed by atoms with E-state index >= 15 is 0 Å². The van der Waals surface area contributed by atoms with E-state index in [1.807, 2.05) is 0 Å². The first kappa shape index (κ1) is 11.9. The number of benzene rings is 1. The van der Waals surface area contributed by atoms with Crippen LogP contribution in [0.15, 0.2) is 10.5 Å². The summed E-state index contributed by atoms with van der Waals surface area (Å²) in [4.78, 5) is 10.7. The lowest BCUT2D eigenvalue weighted by Crippen LogP contribution is -2.03. The number of carbonyl (C=O) groups is 1. The van der Waals surface area contributed by atoms with E-state index in [0.717, 1.165) is 6.07 Å². The maximum Gasteiger partial charge on any atom is 0.336 e. The van der Waals surface area contributed by atoms with Crippen LogP contribution in [0.5, 0.6) is 0 Å². The van der Waals surface area contributed by atoms with Crippen LogP contribution in [0.3, 0.4) is 0 Å². The van der Waals surface area contributed by atoms with Crippen molar-refractivity contribution in [2.24, 2.45) is 0 Å². The zero-order chi connectivity index (χ0) is 10.9. The highest BCUT2D eigenvalue weighted by atomic mass is 79.9. The van der Waals surface area contributed by atoms with Crippen LogP contribution in [0.1, 0.15) is 15.9 Å². The van der Waals surface area contributed by atoms with Gasteiger partial charge in [0, 0.05) is 9.80 Å². The standard InChI is InChI=1S/C8H4Br2ClFO2/c9-2-4-3(8(13)14)1-5(12)7(11)6(4)10/h1H,2H2,(H,13,14). The lowest BCUT2D eigenvalue weighted by atomic mass is 10.1. The Hall–Kier alpha value is -0.130. The summed E-state index contributed by atoms with van der Waals surface area (Å²) < 4.78 is 13.3. The van der Waals surface area contributed by atoms with E-state index in [9.17, 15) is 9.18 Å². The number of aromatic carboxylic acids is 1. The molecule has 0 spiro atoms. The van der Waals surface area contributed by atoms with Gasteiger partial charge in [0.15, 0.2) is 0 Å². The predicted octanol–water partition coefficient (Wildman–Crippen LogP) is 3.83. The molecule has 1 aromatic rings. The van der Waals surface area contributed by atoms with Crippen LogP contribution in [0.4, 0.5) is 4.39 Å². The Morgan fingerprint density at radius 2 is 2.21 bits per heavy atom. The molecule has 6 heteroatoms. The third-order valence-corrected chi connectivity index (χ3v) is 3.66. The second kappa shape index (κ2) is 4.59. The molecule has 1 aromatic carbocycles. The third-order valence-electron chi connectivity index (χ3n) is 1.63. The molecular formula is C8H4Br2ClFO2. The van der Waals surface area contributed by atoms with E-state index in [1.165, 1.54) is 0 Å². The summed E-state index contributed by atoms with van der Waals surface area (Å²) in [6.07, 6.45) is 0. The number of carboxylic acids is 1. The van der Waals surface area contributed by atoms with Crippen molar-refractivity contribution in [1.82, 2.24) is 0 Å². The van der Waals surface area contributed by atoms with E-state index in [4.69, 9.17) is 16.7 Å². The quantitative estimate of drug-likeness (QED) is 0.653. The van der Waals surface area contributed by atoms with Gasteiger partial charge in [-0.2, -0.15) is 0 Å². The number of rotatable bonds is 2. The van der Waals surface area contributed by atoms with Crippen molar-refractivity contribution in [3.63, 3.8) is 0 Å². The van der Waals surface area contributed by atoms with Gasteiger partial charge in [0.25, 0.3) is 0 Å². The molecule has 0 aliphatic heterocycles. The largest absolute Gasteiger partial charge is 0.478 e. The summed E-state index contributed by atoms with van der Waals surface area (Å²) in [5.74, 6) is -1.93. The molecule has 0 radical (unpaired) electrons. The predicted molar refractivity (Wildman–Crippen MR) is 58.7 cm³/mol. The van der Waals surface area contributed by atoms with Crippen molar-refractivity contribution in [3.05, 3.63) is 32.5 Å². The lowest BCUT2D eigenvalue weighted by molar-refractivity contribution is 0.0695. The van der Waals surface area contributed by atoms with Gasteiger partial charge < -0.3 is 5.11 Å². The van der Waals surface area contributed by atoms with Gasteiger partial charge in [-0.15, -0.1) is 0 Å². The molecule has 0 bridgehead atoms. The van der Waals surface area contributed by atoms with Crippen molar-refractivity contribution < 1.29 is 14.3 Å². The first-order valence-electron chi connectivity index (χ1n) is 3.44. The van der Waals surface area contributed by atoms with Crippen molar-refractivity contribution in [2.45, 2.75) is 5.33 Å². The highest BCUT2D eigenvalue weighted by molar-refractivity contribution is 9.10. The molecule has 1 rings (SSSR count). The number of carboxylic acid groups (broad SMARTS) is 1. The van der Waals surface area contributed by atoms with Crippen molar-refractivity contribution in [1.29, 1.82) is 0 Å². The smallest absolute Gasteiger partial charge is 0.336 e. The number of alkyl halides is 1. The molecule has 76 valence electrons. The molecule has 0 saturated carbocycles. The second-order valence-electron chi connectivity index (χ2n) is 2.45. The summed E-state index contributed by atoms with van der Waals surface area (Å²) in [7, 11) is 0. The Balaban J connectivity index is 3.51. The molecule has 0 fully saturated rings. The summed E-state index contributed by atoms with van der Waals surface area (Å²) in [5.41, 5.74) is 0.319. The van der Waals surface area contributed by atoms with Crippen LogP contribution < -0.4 is 0 Å². The average Bonchev–Trinajstić information content (AvgIpc) is 2.13. The fourth-order valence-corrected chi connectivity index (χ4v) is 2.62. The highest BCUT2D eigenvalue weighted by Gasteiger charge is 2.18. The van der Waals surface area contributed by atoms with Gasteiger partial charge in [-0.1, -0.05) is 27.5 Å². The fourth-order valence-electron chi connectivity index (χ4n) is 0.954. The molecule has 2 nitrogen and oxygen atoms in total. The van der Waals surface area contributed by atoms with Gasteiger partial charge in [0.2, 0.25) is 0 Å². The summed E-state index contributed by atoms with van der Waals surface area (Å²) >= 11 is 11.8. The first-order valence-corrected chi connectivity index (χ1v) is 5.74. The molecule has 0 saturated heterocycles. The Morgan fingerprint density at radius 1 is 1.64 bits per heavy atom. The molecule has 0 heterocycles. The van der Waals surface area contributed by atoms with Crippen LogP contribution in [0.2, 0.25) is 5.02 Å². The Bertz CT molecular complexity index is 395. The Labute approximate surface area is 101 Å². The molecule has 0 unspecified atom stereocenters. The van der Waals surface area contributed by atoms with Gasteiger partial charge in [-0.25, -0.2) is 9.18 Å². The lowest BCUT2D eigenvalue weighted by Gasteiger charge is -2.07. The third kappa shape index (κ3) is 2.10. The van der Waals surface area contributed by atoms with Crippen molar-refractivity contribution in [2.75, 3.05) is 0 Å². The molecule has 0 aliphatic carbocycles. The van der Waals surface area contributed by atoms with Gasteiger partial charge >= 0.3 is 5.97 Å². The number of hydrogen-bond acceptors (Lipinski definition) is 1. The first-order chi connectivity index (χ1) is 6.49. The Morgan fingerprint density at radius 3 is 2.64 bits per heavy atom. The molecular weight excluding hydrogens is 342 g/mol. The van der Waals surface area contributed by atoms with Crippen molar-refractivity contribution >= 4 is 49.4 Å². The Kier molecular flexibility index (Phi) is 3.92. The van der Waals surface area contributed by atoms with Crippen LogP contribution in [-0.4, -0.2) is 11.1 Å². The van der Waals surface area contributed by atoms with E-state index in [0.29, 0.717) is 5.56 Å². The summed E-state index contributed by atoms with van der Waals surface area (Å²) in [6, 6.07) is 0.909. The second-order valence-corrected chi connectivity index (χ2v) is 4.18. The number of halogens is 4. The van der Waals surface area contributed by atoms with E-state index in [1.54, 1.807) is 0 Å². The zero-order valence-corrected chi connectivity index (χ0v) is 10.6. The van der Waals surface area contributed by atoms with Crippen LogP contribution in [0.25, 0.3) is 0 Å². The summed E-state index contributed by atoms with van der Waals surface area (Å²) in [5, 5.41) is 8.97. The van der Waals surface area contributed by atoms with E-state index in [-0.39, 0.29) is 20.4 Å². The van der Waals surface area contributed by atoms with Crippen molar-refractivity contribution in [3.8, 4) is 0 Å².